The Morgan fingerprint density at radius 1 is 1.18 bits per heavy atom. The highest BCUT2D eigenvalue weighted by Gasteiger charge is 2.16. The van der Waals surface area contributed by atoms with Crippen molar-refractivity contribution in [2.45, 2.75) is 13.0 Å². The summed E-state index contributed by atoms with van der Waals surface area (Å²) in [5.74, 6) is -0.451. The van der Waals surface area contributed by atoms with Crippen molar-refractivity contribution in [3.63, 3.8) is 0 Å². The molecule has 0 fully saturated rings. The van der Waals surface area contributed by atoms with Crippen LogP contribution in [-0.2, 0) is 0 Å². The fourth-order valence-corrected chi connectivity index (χ4v) is 2.19. The van der Waals surface area contributed by atoms with Gasteiger partial charge in [0.05, 0.1) is 17.1 Å². The van der Waals surface area contributed by atoms with Crippen LogP contribution in [0, 0.1) is 0 Å². The number of hydrogen-bond donors (Lipinski definition) is 1. The Kier molecular flexibility index (Phi) is 3.70. The van der Waals surface area contributed by atoms with Gasteiger partial charge >= 0.3 is 0 Å². The molecule has 1 aromatic carbocycles. The van der Waals surface area contributed by atoms with Crippen LogP contribution < -0.4 is 10.7 Å². The van der Waals surface area contributed by atoms with E-state index < -0.39 is 5.91 Å². The molecule has 1 N–H and O–H groups in total. The van der Waals surface area contributed by atoms with E-state index in [-0.39, 0.29) is 17.2 Å². The third-order valence-corrected chi connectivity index (χ3v) is 3.34. The van der Waals surface area contributed by atoms with E-state index in [0.29, 0.717) is 11.0 Å². The number of rotatable bonds is 3. The molecule has 0 radical (unpaired) electrons. The van der Waals surface area contributed by atoms with Crippen molar-refractivity contribution in [3.05, 3.63) is 76.4 Å². The highest BCUT2D eigenvalue weighted by atomic mass is 16.3. The predicted octanol–water partition coefficient (Wildman–Crippen LogP) is 2.68. The largest absolute Gasteiger partial charge is 0.451 e. The molecule has 22 heavy (non-hydrogen) atoms. The quantitative estimate of drug-likeness (QED) is 0.806. The first-order valence-corrected chi connectivity index (χ1v) is 6.90. The average Bonchev–Trinajstić information content (AvgIpc) is 2.55. The van der Waals surface area contributed by atoms with Gasteiger partial charge in [0.1, 0.15) is 5.58 Å². The standard InChI is InChI=1S/C17H14N2O3/c1-11(13-7-4-5-9-18-13)19-17(21)16-10-14(20)12-6-2-3-8-15(12)22-16/h2-11H,1H3,(H,19,21)/t11-/m1/s1. The van der Waals surface area contributed by atoms with Crippen LogP contribution >= 0.6 is 0 Å². The molecule has 3 aromatic rings. The van der Waals surface area contributed by atoms with Gasteiger partial charge in [-0.3, -0.25) is 14.6 Å². The molecule has 3 rings (SSSR count). The number of fused-ring (bicyclic) bond motifs is 1. The summed E-state index contributed by atoms with van der Waals surface area (Å²) in [6.07, 6.45) is 1.66. The van der Waals surface area contributed by atoms with Crippen molar-refractivity contribution in [2.75, 3.05) is 0 Å². The van der Waals surface area contributed by atoms with Crippen LogP contribution in [0.5, 0.6) is 0 Å². The topological polar surface area (TPSA) is 72.2 Å². The second-order valence-electron chi connectivity index (χ2n) is 4.92. The van der Waals surface area contributed by atoms with Crippen molar-refractivity contribution in [1.29, 1.82) is 0 Å². The molecular formula is C17H14N2O3. The van der Waals surface area contributed by atoms with Gasteiger partial charge in [0, 0.05) is 12.3 Å². The molecule has 0 bridgehead atoms. The van der Waals surface area contributed by atoms with Gasteiger partial charge in [0.15, 0.2) is 11.2 Å². The number of aromatic nitrogens is 1. The van der Waals surface area contributed by atoms with Crippen LogP contribution in [0.15, 0.2) is 63.9 Å². The Morgan fingerprint density at radius 3 is 2.73 bits per heavy atom. The molecule has 2 heterocycles. The molecular weight excluding hydrogens is 280 g/mol. The van der Waals surface area contributed by atoms with E-state index in [9.17, 15) is 9.59 Å². The summed E-state index contributed by atoms with van der Waals surface area (Å²) in [4.78, 5) is 28.4. The number of benzene rings is 1. The zero-order chi connectivity index (χ0) is 15.5. The molecule has 0 aliphatic rings. The molecule has 1 atom stereocenters. The van der Waals surface area contributed by atoms with E-state index in [2.05, 4.69) is 10.3 Å². The second-order valence-corrected chi connectivity index (χ2v) is 4.92. The van der Waals surface area contributed by atoms with Crippen molar-refractivity contribution in [2.24, 2.45) is 0 Å². The van der Waals surface area contributed by atoms with Gasteiger partial charge in [-0.1, -0.05) is 18.2 Å². The third-order valence-electron chi connectivity index (χ3n) is 3.34. The first-order chi connectivity index (χ1) is 10.6. The van der Waals surface area contributed by atoms with Crippen molar-refractivity contribution < 1.29 is 9.21 Å². The van der Waals surface area contributed by atoms with Crippen molar-refractivity contribution >= 4 is 16.9 Å². The third kappa shape index (κ3) is 2.74. The maximum absolute atomic E-state index is 12.3. The zero-order valence-corrected chi connectivity index (χ0v) is 11.9. The molecule has 0 aliphatic carbocycles. The number of pyridine rings is 1. The number of nitrogens with zero attached hydrogens (tertiary/aromatic N) is 1. The summed E-state index contributed by atoms with van der Waals surface area (Å²) >= 11 is 0. The normalized spacial score (nSPS) is 12.0. The fourth-order valence-electron chi connectivity index (χ4n) is 2.19. The molecule has 110 valence electrons. The van der Waals surface area contributed by atoms with Gasteiger partial charge < -0.3 is 9.73 Å². The lowest BCUT2D eigenvalue weighted by Gasteiger charge is -2.12. The molecule has 0 spiro atoms. The molecule has 5 nitrogen and oxygen atoms in total. The van der Waals surface area contributed by atoms with Crippen LogP contribution in [0.25, 0.3) is 11.0 Å². The molecule has 5 heteroatoms. The summed E-state index contributed by atoms with van der Waals surface area (Å²) in [6, 6.07) is 13.2. The van der Waals surface area contributed by atoms with Gasteiger partial charge in [-0.05, 0) is 31.2 Å². The van der Waals surface area contributed by atoms with Gasteiger partial charge in [-0.25, -0.2) is 0 Å². The molecule has 2 aromatic heterocycles. The number of hydrogen-bond acceptors (Lipinski definition) is 4. The molecule has 0 saturated heterocycles. The van der Waals surface area contributed by atoms with Crippen LogP contribution in [-0.4, -0.2) is 10.9 Å². The number of carbonyl (C=O) groups excluding carboxylic acids is 1. The predicted molar refractivity (Wildman–Crippen MR) is 82.6 cm³/mol. The highest BCUT2D eigenvalue weighted by Crippen LogP contribution is 2.13. The summed E-state index contributed by atoms with van der Waals surface area (Å²) in [5, 5.41) is 3.23. The van der Waals surface area contributed by atoms with Gasteiger partial charge in [0.25, 0.3) is 5.91 Å². The van der Waals surface area contributed by atoms with Crippen LogP contribution in [0.2, 0.25) is 0 Å². The minimum absolute atomic E-state index is 0.00789. The Labute approximate surface area is 126 Å². The van der Waals surface area contributed by atoms with Crippen molar-refractivity contribution in [1.82, 2.24) is 10.3 Å². The van der Waals surface area contributed by atoms with Gasteiger partial charge in [0.2, 0.25) is 0 Å². The van der Waals surface area contributed by atoms with Crippen molar-refractivity contribution in [3.8, 4) is 0 Å². The minimum atomic E-state index is -0.444. The smallest absolute Gasteiger partial charge is 0.287 e. The van der Waals surface area contributed by atoms with Gasteiger partial charge in [-0.2, -0.15) is 0 Å². The average molecular weight is 294 g/mol. The van der Waals surface area contributed by atoms with E-state index in [1.807, 2.05) is 19.1 Å². The molecule has 0 aliphatic heterocycles. The minimum Gasteiger partial charge on any atom is -0.451 e. The number of nitrogens with one attached hydrogen (secondary N) is 1. The monoisotopic (exact) mass is 294 g/mol. The van der Waals surface area contributed by atoms with Crippen LogP contribution in [0.3, 0.4) is 0 Å². The SMILES string of the molecule is C[C@@H](NC(=O)c1cc(=O)c2ccccc2o1)c1ccccn1. The Morgan fingerprint density at radius 2 is 1.95 bits per heavy atom. The fraction of sp³-hybridized carbons (Fsp3) is 0.118. The second kappa shape index (κ2) is 5.81. The Hall–Kier alpha value is -2.95. The van der Waals surface area contributed by atoms with E-state index >= 15 is 0 Å². The number of para-hydroxylation sites is 1. The van der Waals surface area contributed by atoms with Crippen LogP contribution in [0.1, 0.15) is 29.2 Å². The van der Waals surface area contributed by atoms with E-state index in [1.54, 1.807) is 36.5 Å². The number of amides is 1. The van der Waals surface area contributed by atoms with Gasteiger partial charge in [-0.15, -0.1) is 0 Å². The Bertz CT molecular complexity index is 872. The maximum atomic E-state index is 12.3. The van der Waals surface area contributed by atoms with E-state index in [0.717, 1.165) is 5.69 Å². The lowest BCUT2D eigenvalue weighted by Crippen LogP contribution is -2.27. The summed E-state index contributed by atoms with van der Waals surface area (Å²) in [6.45, 7) is 1.82. The highest BCUT2D eigenvalue weighted by molar-refractivity contribution is 5.93. The first kappa shape index (κ1) is 14.0. The maximum Gasteiger partial charge on any atom is 0.287 e. The molecule has 0 unspecified atom stereocenters. The van der Waals surface area contributed by atoms with E-state index in [1.165, 1.54) is 6.07 Å². The van der Waals surface area contributed by atoms with E-state index in [4.69, 9.17) is 4.42 Å². The summed E-state index contributed by atoms with van der Waals surface area (Å²) in [5.41, 5.74) is 0.891. The lowest BCUT2D eigenvalue weighted by molar-refractivity contribution is 0.0911. The molecule has 0 saturated carbocycles. The number of carbonyl (C=O) groups is 1. The lowest BCUT2D eigenvalue weighted by atomic mass is 10.2. The Balaban J connectivity index is 1.88. The molecule has 1 amide bonds. The summed E-state index contributed by atoms with van der Waals surface area (Å²) in [7, 11) is 0. The first-order valence-electron chi connectivity index (χ1n) is 6.90. The van der Waals surface area contributed by atoms with Crippen LogP contribution in [0.4, 0.5) is 0 Å². The summed E-state index contributed by atoms with van der Waals surface area (Å²) < 4.78 is 5.51. The zero-order valence-electron chi connectivity index (χ0n) is 11.9.